The number of nitrogens with one attached hydrogen (secondary N) is 2. The number of aromatic carboxylic acids is 1. The van der Waals surface area contributed by atoms with Crippen molar-refractivity contribution in [2.45, 2.75) is 25.9 Å². The Morgan fingerprint density at radius 1 is 1.56 bits per heavy atom. The predicted molar refractivity (Wildman–Crippen MR) is 63.1 cm³/mol. The third kappa shape index (κ3) is 2.70. The van der Waals surface area contributed by atoms with Crippen molar-refractivity contribution in [2.24, 2.45) is 5.92 Å². The van der Waals surface area contributed by atoms with Crippen LogP contribution in [0.25, 0.3) is 0 Å². The summed E-state index contributed by atoms with van der Waals surface area (Å²) in [4.78, 5) is 22.5. The molecule has 1 aliphatic heterocycles. The van der Waals surface area contributed by atoms with Gasteiger partial charge in [0.05, 0.1) is 12.5 Å². The maximum absolute atomic E-state index is 11.9. The molecule has 98 valence electrons. The molecule has 1 saturated heterocycles. The molecule has 1 amide bonds. The van der Waals surface area contributed by atoms with Crippen molar-refractivity contribution in [1.82, 2.24) is 10.6 Å². The van der Waals surface area contributed by atoms with Crippen molar-refractivity contribution >= 4 is 11.9 Å². The number of amides is 1. The van der Waals surface area contributed by atoms with Crippen molar-refractivity contribution in [3.05, 3.63) is 23.7 Å². The number of carbonyl (C=O) groups excluding carboxylic acids is 1. The molecule has 0 spiro atoms. The van der Waals surface area contributed by atoms with Crippen molar-refractivity contribution in [3.63, 3.8) is 0 Å². The highest BCUT2D eigenvalue weighted by Gasteiger charge is 2.29. The molecular formula is C12H16N2O4. The van der Waals surface area contributed by atoms with Crippen LogP contribution in [0.2, 0.25) is 0 Å². The van der Waals surface area contributed by atoms with Gasteiger partial charge in [-0.05, 0) is 32.0 Å². The fourth-order valence-corrected chi connectivity index (χ4v) is 2.11. The Labute approximate surface area is 104 Å². The van der Waals surface area contributed by atoms with Crippen LogP contribution in [0.4, 0.5) is 0 Å². The molecule has 2 rings (SSSR count). The topological polar surface area (TPSA) is 91.6 Å². The zero-order valence-corrected chi connectivity index (χ0v) is 10.1. The van der Waals surface area contributed by atoms with Crippen molar-refractivity contribution in [1.29, 1.82) is 0 Å². The average Bonchev–Trinajstić information content (AvgIpc) is 2.94. The van der Waals surface area contributed by atoms with E-state index >= 15 is 0 Å². The van der Waals surface area contributed by atoms with Gasteiger partial charge in [0.15, 0.2) is 0 Å². The Kier molecular flexibility index (Phi) is 3.66. The quantitative estimate of drug-likeness (QED) is 0.729. The molecular weight excluding hydrogens is 236 g/mol. The van der Waals surface area contributed by atoms with Gasteiger partial charge in [-0.15, -0.1) is 0 Å². The summed E-state index contributed by atoms with van der Waals surface area (Å²) >= 11 is 0. The minimum Gasteiger partial charge on any atom is -0.475 e. The lowest BCUT2D eigenvalue weighted by Gasteiger charge is -2.14. The van der Waals surface area contributed by atoms with Crippen molar-refractivity contribution < 1.29 is 19.1 Å². The maximum atomic E-state index is 11.9. The van der Waals surface area contributed by atoms with E-state index in [1.54, 1.807) is 6.07 Å². The van der Waals surface area contributed by atoms with E-state index in [9.17, 15) is 9.59 Å². The Morgan fingerprint density at radius 3 is 2.89 bits per heavy atom. The van der Waals surface area contributed by atoms with Crippen molar-refractivity contribution in [2.75, 3.05) is 6.54 Å². The highest BCUT2D eigenvalue weighted by molar-refractivity contribution is 5.84. The smallest absolute Gasteiger partial charge is 0.371 e. The first-order valence-electron chi connectivity index (χ1n) is 5.91. The third-order valence-electron chi connectivity index (χ3n) is 3.17. The SMILES string of the molecule is CC1NCCC1C(=O)NCc1ccc(C(=O)O)o1. The molecule has 1 aromatic heterocycles. The van der Waals surface area contributed by atoms with Crippen LogP contribution in [0.5, 0.6) is 0 Å². The minimum atomic E-state index is -1.11. The summed E-state index contributed by atoms with van der Waals surface area (Å²) in [7, 11) is 0. The largest absolute Gasteiger partial charge is 0.475 e. The van der Waals surface area contributed by atoms with Crippen LogP contribution in [0.15, 0.2) is 16.5 Å². The van der Waals surface area contributed by atoms with Crippen LogP contribution < -0.4 is 10.6 Å². The summed E-state index contributed by atoms with van der Waals surface area (Å²) in [6.07, 6.45) is 0.825. The van der Waals surface area contributed by atoms with E-state index in [0.717, 1.165) is 13.0 Å². The fourth-order valence-electron chi connectivity index (χ4n) is 2.11. The normalized spacial score (nSPS) is 22.9. The Balaban J connectivity index is 1.87. The van der Waals surface area contributed by atoms with E-state index in [1.807, 2.05) is 6.92 Å². The number of carboxylic acids is 1. The number of hydrogen-bond donors (Lipinski definition) is 3. The molecule has 18 heavy (non-hydrogen) atoms. The van der Waals surface area contributed by atoms with Gasteiger partial charge in [-0.3, -0.25) is 4.79 Å². The van der Waals surface area contributed by atoms with E-state index < -0.39 is 5.97 Å². The van der Waals surface area contributed by atoms with E-state index in [4.69, 9.17) is 9.52 Å². The summed E-state index contributed by atoms with van der Waals surface area (Å²) < 4.78 is 5.06. The third-order valence-corrected chi connectivity index (χ3v) is 3.17. The molecule has 6 nitrogen and oxygen atoms in total. The highest BCUT2D eigenvalue weighted by Crippen LogP contribution is 2.15. The van der Waals surface area contributed by atoms with Gasteiger partial charge in [-0.25, -0.2) is 4.79 Å². The number of hydrogen-bond acceptors (Lipinski definition) is 4. The predicted octanol–water partition coefficient (Wildman–Crippen LogP) is 0.592. The lowest BCUT2D eigenvalue weighted by Crippen LogP contribution is -2.36. The van der Waals surface area contributed by atoms with Crippen LogP contribution in [0, 0.1) is 5.92 Å². The van der Waals surface area contributed by atoms with Crippen LogP contribution in [-0.2, 0) is 11.3 Å². The van der Waals surface area contributed by atoms with E-state index in [2.05, 4.69) is 10.6 Å². The van der Waals surface area contributed by atoms with Gasteiger partial charge in [0.2, 0.25) is 11.7 Å². The van der Waals surface area contributed by atoms with E-state index in [0.29, 0.717) is 5.76 Å². The fraction of sp³-hybridized carbons (Fsp3) is 0.500. The lowest BCUT2D eigenvalue weighted by molar-refractivity contribution is -0.125. The zero-order valence-electron chi connectivity index (χ0n) is 10.1. The molecule has 1 aliphatic rings. The van der Waals surface area contributed by atoms with Crippen LogP contribution >= 0.6 is 0 Å². The molecule has 3 N–H and O–H groups in total. The molecule has 2 heterocycles. The standard InChI is InChI=1S/C12H16N2O4/c1-7-9(4-5-13-7)11(15)14-6-8-2-3-10(18-8)12(16)17/h2-3,7,9,13H,4-6H2,1H3,(H,14,15)(H,16,17). The molecule has 0 bridgehead atoms. The average molecular weight is 252 g/mol. The number of furan rings is 1. The molecule has 6 heteroatoms. The number of carboxylic acid groups (broad SMARTS) is 1. The van der Waals surface area contributed by atoms with Gasteiger partial charge in [-0.2, -0.15) is 0 Å². The minimum absolute atomic E-state index is 0.0271. The maximum Gasteiger partial charge on any atom is 0.371 e. The van der Waals surface area contributed by atoms with E-state index in [1.165, 1.54) is 6.07 Å². The van der Waals surface area contributed by atoms with Gasteiger partial charge in [0, 0.05) is 6.04 Å². The Morgan fingerprint density at radius 2 is 2.33 bits per heavy atom. The van der Waals surface area contributed by atoms with Gasteiger partial charge < -0.3 is 20.2 Å². The number of rotatable bonds is 4. The van der Waals surface area contributed by atoms with Crippen LogP contribution in [0.1, 0.15) is 29.7 Å². The van der Waals surface area contributed by atoms with Crippen LogP contribution in [-0.4, -0.2) is 29.6 Å². The van der Waals surface area contributed by atoms with Gasteiger partial charge >= 0.3 is 5.97 Å². The first-order chi connectivity index (χ1) is 8.58. The molecule has 1 aromatic rings. The zero-order chi connectivity index (χ0) is 13.1. The van der Waals surface area contributed by atoms with E-state index in [-0.39, 0.29) is 30.2 Å². The molecule has 0 aliphatic carbocycles. The van der Waals surface area contributed by atoms with Gasteiger partial charge in [-0.1, -0.05) is 0 Å². The molecule has 2 atom stereocenters. The summed E-state index contributed by atoms with van der Waals surface area (Å²) in [5.74, 6) is -0.838. The molecule has 2 unspecified atom stereocenters. The second-order valence-electron chi connectivity index (χ2n) is 4.43. The van der Waals surface area contributed by atoms with Gasteiger partial charge in [0.1, 0.15) is 5.76 Å². The molecule has 1 fully saturated rings. The molecule has 0 radical (unpaired) electrons. The summed E-state index contributed by atoms with van der Waals surface area (Å²) in [5.41, 5.74) is 0. The monoisotopic (exact) mass is 252 g/mol. The lowest BCUT2D eigenvalue weighted by atomic mass is 10.0. The second kappa shape index (κ2) is 5.22. The first kappa shape index (κ1) is 12.6. The summed E-state index contributed by atoms with van der Waals surface area (Å²) in [5, 5.41) is 14.7. The summed E-state index contributed by atoms with van der Waals surface area (Å²) in [6.45, 7) is 3.05. The van der Waals surface area contributed by atoms with Crippen molar-refractivity contribution in [3.8, 4) is 0 Å². The summed E-state index contributed by atoms with van der Waals surface area (Å²) in [6, 6.07) is 3.11. The van der Waals surface area contributed by atoms with Crippen LogP contribution in [0.3, 0.4) is 0 Å². The second-order valence-corrected chi connectivity index (χ2v) is 4.43. The molecule has 0 saturated carbocycles. The molecule has 0 aromatic carbocycles. The highest BCUT2D eigenvalue weighted by atomic mass is 16.4. The Bertz CT molecular complexity index is 455. The first-order valence-corrected chi connectivity index (χ1v) is 5.91. The Hall–Kier alpha value is -1.82. The van der Waals surface area contributed by atoms with Gasteiger partial charge in [0.25, 0.3) is 0 Å². The number of carbonyl (C=O) groups is 2.